The van der Waals surface area contributed by atoms with Gasteiger partial charge in [0.1, 0.15) is 5.82 Å². The molecule has 0 aliphatic heterocycles. The van der Waals surface area contributed by atoms with Crippen molar-refractivity contribution in [3.05, 3.63) is 58.0 Å². The van der Waals surface area contributed by atoms with Crippen LogP contribution in [0.2, 0.25) is 5.02 Å². The van der Waals surface area contributed by atoms with Gasteiger partial charge in [-0.1, -0.05) is 11.6 Å². The number of aromatic nitrogens is 2. The van der Waals surface area contributed by atoms with Crippen LogP contribution in [0, 0.1) is 5.82 Å². The van der Waals surface area contributed by atoms with Gasteiger partial charge in [0, 0.05) is 25.0 Å². The normalized spacial score (nSPS) is 10.3. The summed E-state index contributed by atoms with van der Waals surface area (Å²) in [6.07, 6.45) is 2.84. The first-order chi connectivity index (χ1) is 8.65. The molecule has 0 fully saturated rings. The monoisotopic (exact) mass is 267 g/mol. The summed E-state index contributed by atoms with van der Waals surface area (Å²) in [5.74, 6) is -0.282. The van der Waals surface area contributed by atoms with Gasteiger partial charge >= 0.3 is 5.69 Å². The minimum Gasteiger partial charge on any atom is -0.383 e. The fourth-order valence-electron chi connectivity index (χ4n) is 1.48. The average molecular weight is 268 g/mol. The molecule has 0 atom stereocenters. The summed E-state index contributed by atoms with van der Waals surface area (Å²) < 4.78 is 14.1. The van der Waals surface area contributed by atoms with Crippen LogP contribution >= 0.6 is 11.6 Å². The van der Waals surface area contributed by atoms with Gasteiger partial charge in [0.2, 0.25) is 0 Å². The smallest absolute Gasteiger partial charge is 0.347 e. The molecule has 0 saturated heterocycles. The molecule has 1 N–H and O–H groups in total. The van der Waals surface area contributed by atoms with Crippen LogP contribution in [0.5, 0.6) is 0 Å². The Morgan fingerprint density at radius 3 is 2.78 bits per heavy atom. The van der Waals surface area contributed by atoms with Gasteiger partial charge in [-0.3, -0.25) is 4.57 Å². The molecule has 2 aromatic rings. The molecule has 2 rings (SSSR count). The fraction of sp³-hybridized carbons (Fsp3) is 0.167. The largest absolute Gasteiger partial charge is 0.383 e. The third kappa shape index (κ3) is 3.30. The highest BCUT2D eigenvalue weighted by molar-refractivity contribution is 6.30. The van der Waals surface area contributed by atoms with E-state index >= 15 is 0 Å². The first kappa shape index (κ1) is 12.6. The van der Waals surface area contributed by atoms with Crippen molar-refractivity contribution in [3.8, 4) is 0 Å². The van der Waals surface area contributed by atoms with E-state index in [9.17, 15) is 9.18 Å². The lowest BCUT2D eigenvalue weighted by molar-refractivity contribution is 0.628. The van der Waals surface area contributed by atoms with Crippen molar-refractivity contribution in [2.24, 2.45) is 0 Å². The first-order valence-electron chi connectivity index (χ1n) is 5.36. The number of nitrogens with zero attached hydrogens (tertiary/aromatic N) is 2. The van der Waals surface area contributed by atoms with Gasteiger partial charge in [-0.05, 0) is 24.3 Å². The fourth-order valence-corrected chi connectivity index (χ4v) is 1.64. The molecule has 0 spiro atoms. The van der Waals surface area contributed by atoms with Crippen LogP contribution in [0.25, 0.3) is 0 Å². The zero-order valence-electron chi connectivity index (χ0n) is 9.44. The molecule has 0 aliphatic carbocycles. The van der Waals surface area contributed by atoms with Crippen molar-refractivity contribution in [3.63, 3.8) is 0 Å². The van der Waals surface area contributed by atoms with Gasteiger partial charge in [0.15, 0.2) is 0 Å². The van der Waals surface area contributed by atoms with Crippen LogP contribution in [-0.4, -0.2) is 16.1 Å². The number of halogens is 2. The third-order valence-electron chi connectivity index (χ3n) is 2.35. The van der Waals surface area contributed by atoms with E-state index in [1.807, 2.05) is 0 Å². The zero-order chi connectivity index (χ0) is 13.0. The summed E-state index contributed by atoms with van der Waals surface area (Å²) in [6.45, 7) is 0.956. The lowest BCUT2D eigenvalue weighted by Crippen LogP contribution is -2.25. The summed E-state index contributed by atoms with van der Waals surface area (Å²) in [5, 5.41) is 3.48. The van der Waals surface area contributed by atoms with E-state index in [4.69, 9.17) is 11.6 Å². The first-order valence-corrected chi connectivity index (χ1v) is 5.74. The highest BCUT2D eigenvalue weighted by Crippen LogP contribution is 2.07. The minimum absolute atomic E-state index is 0.282. The molecule has 1 aromatic heterocycles. The van der Waals surface area contributed by atoms with E-state index in [1.165, 1.54) is 29.1 Å². The van der Waals surface area contributed by atoms with Crippen molar-refractivity contribution >= 4 is 17.3 Å². The third-order valence-corrected chi connectivity index (χ3v) is 2.54. The molecular formula is C12H11ClFN3O. The molecular weight excluding hydrogens is 257 g/mol. The molecule has 1 heterocycles. The summed E-state index contributed by atoms with van der Waals surface area (Å²) in [6, 6.07) is 6.01. The van der Waals surface area contributed by atoms with E-state index in [0.717, 1.165) is 5.69 Å². The van der Waals surface area contributed by atoms with Crippen LogP contribution in [0.4, 0.5) is 10.1 Å². The molecule has 1 aromatic carbocycles. The van der Waals surface area contributed by atoms with Crippen LogP contribution in [0.1, 0.15) is 0 Å². The molecule has 0 radical (unpaired) electrons. The Bertz CT molecular complexity index is 583. The summed E-state index contributed by atoms with van der Waals surface area (Å²) in [5.41, 5.74) is 0.444. The second-order valence-electron chi connectivity index (χ2n) is 3.68. The van der Waals surface area contributed by atoms with Crippen LogP contribution in [0.3, 0.4) is 0 Å². The Hall–Kier alpha value is -1.88. The van der Waals surface area contributed by atoms with Crippen molar-refractivity contribution in [1.82, 2.24) is 9.55 Å². The topological polar surface area (TPSA) is 46.9 Å². The van der Waals surface area contributed by atoms with Crippen molar-refractivity contribution in [2.45, 2.75) is 6.54 Å². The molecule has 0 saturated carbocycles. The van der Waals surface area contributed by atoms with Gasteiger partial charge in [-0.2, -0.15) is 0 Å². The molecule has 94 valence electrons. The minimum atomic E-state index is -0.347. The highest BCUT2D eigenvalue weighted by atomic mass is 35.5. The van der Waals surface area contributed by atoms with Gasteiger partial charge < -0.3 is 5.32 Å². The van der Waals surface area contributed by atoms with Crippen molar-refractivity contribution in [2.75, 3.05) is 11.9 Å². The predicted molar refractivity (Wildman–Crippen MR) is 68.4 cm³/mol. The van der Waals surface area contributed by atoms with Gasteiger partial charge in [-0.15, -0.1) is 0 Å². The number of hydrogen-bond acceptors (Lipinski definition) is 3. The molecule has 0 aliphatic rings. The highest BCUT2D eigenvalue weighted by Gasteiger charge is 1.98. The quantitative estimate of drug-likeness (QED) is 0.923. The number of nitrogens with one attached hydrogen (secondary N) is 1. The SMILES string of the molecule is O=c1ncc(Cl)cn1CCNc1ccc(F)cc1. The van der Waals surface area contributed by atoms with Crippen molar-refractivity contribution in [1.29, 1.82) is 0 Å². The van der Waals surface area contributed by atoms with Crippen molar-refractivity contribution < 1.29 is 4.39 Å². The summed E-state index contributed by atoms with van der Waals surface area (Å²) >= 11 is 5.75. The van der Waals surface area contributed by atoms with E-state index in [-0.39, 0.29) is 11.5 Å². The Balaban J connectivity index is 1.94. The van der Waals surface area contributed by atoms with Crippen LogP contribution in [0.15, 0.2) is 41.5 Å². The molecule has 6 heteroatoms. The Kier molecular flexibility index (Phi) is 3.94. The molecule has 18 heavy (non-hydrogen) atoms. The predicted octanol–water partition coefficient (Wildman–Crippen LogP) is 2.15. The van der Waals surface area contributed by atoms with Gasteiger partial charge in [0.05, 0.1) is 11.2 Å². The molecule has 0 bridgehead atoms. The Morgan fingerprint density at radius 1 is 1.33 bits per heavy atom. The van der Waals surface area contributed by atoms with E-state index in [1.54, 1.807) is 12.1 Å². The number of hydrogen-bond donors (Lipinski definition) is 1. The van der Waals surface area contributed by atoms with Gasteiger partial charge in [0.25, 0.3) is 0 Å². The van der Waals surface area contributed by atoms with E-state index in [2.05, 4.69) is 10.3 Å². The molecule has 0 amide bonds. The molecule has 4 nitrogen and oxygen atoms in total. The Labute approximate surface area is 108 Å². The van der Waals surface area contributed by atoms with Crippen LogP contribution < -0.4 is 11.0 Å². The maximum atomic E-state index is 12.7. The number of rotatable bonds is 4. The number of anilines is 1. The lowest BCUT2D eigenvalue weighted by Gasteiger charge is -2.08. The Morgan fingerprint density at radius 2 is 2.06 bits per heavy atom. The average Bonchev–Trinajstić information content (AvgIpc) is 2.36. The zero-order valence-corrected chi connectivity index (χ0v) is 10.2. The van der Waals surface area contributed by atoms with Gasteiger partial charge in [-0.25, -0.2) is 14.2 Å². The second kappa shape index (κ2) is 5.64. The second-order valence-corrected chi connectivity index (χ2v) is 4.12. The summed E-state index contributed by atoms with van der Waals surface area (Å²) in [4.78, 5) is 15.0. The maximum Gasteiger partial charge on any atom is 0.347 e. The maximum absolute atomic E-state index is 12.7. The molecule has 0 unspecified atom stereocenters. The summed E-state index contributed by atoms with van der Waals surface area (Å²) in [7, 11) is 0. The van der Waals surface area contributed by atoms with Crippen LogP contribution in [-0.2, 0) is 6.54 Å². The lowest BCUT2D eigenvalue weighted by atomic mass is 10.3. The standard InChI is InChI=1S/C12H11ClFN3O/c13-9-7-16-12(18)17(8-9)6-5-15-11-3-1-10(14)2-4-11/h1-4,7-8,15H,5-6H2. The van der Waals surface area contributed by atoms with E-state index in [0.29, 0.717) is 18.1 Å². The number of benzene rings is 1. The van der Waals surface area contributed by atoms with E-state index < -0.39 is 0 Å².